The Morgan fingerprint density at radius 3 is 2.79 bits per heavy atom. The van der Waals surface area contributed by atoms with Gasteiger partial charge in [0.15, 0.2) is 11.5 Å². The number of thiophene rings is 1. The fourth-order valence-electron chi connectivity index (χ4n) is 3.85. The number of benzene rings is 1. The van der Waals surface area contributed by atoms with Crippen LogP contribution in [0.5, 0.6) is 11.5 Å². The maximum atomic E-state index is 10.2. The van der Waals surface area contributed by atoms with Crippen LogP contribution in [0.4, 0.5) is 0 Å². The number of hydrogen-bond acceptors (Lipinski definition) is 5. The van der Waals surface area contributed by atoms with Crippen molar-refractivity contribution in [1.82, 2.24) is 4.90 Å². The molecule has 0 radical (unpaired) electrons. The number of phenols is 1. The van der Waals surface area contributed by atoms with E-state index >= 15 is 0 Å². The third-order valence-electron chi connectivity index (χ3n) is 5.19. The highest BCUT2D eigenvalue weighted by molar-refractivity contribution is 7.12. The summed E-state index contributed by atoms with van der Waals surface area (Å²) in [4.78, 5) is 5.22. The molecule has 2 aliphatic rings. The molecule has 1 atom stereocenters. The molecule has 0 unspecified atom stereocenters. The molecule has 3 heterocycles. The van der Waals surface area contributed by atoms with Crippen LogP contribution in [-0.4, -0.2) is 23.7 Å². The third kappa shape index (κ3) is 2.51. The summed E-state index contributed by atoms with van der Waals surface area (Å²) in [6.45, 7) is 6.15. The van der Waals surface area contributed by atoms with E-state index in [-0.39, 0.29) is 11.3 Å². The molecule has 1 aromatic carbocycles. The van der Waals surface area contributed by atoms with Crippen molar-refractivity contribution in [1.29, 1.82) is 0 Å². The van der Waals surface area contributed by atoms with Crippen molar-refractivity contribution in [2.45, 2.75) is 44.8 Å². The minimum Gasteiger partial charge on any atom is -0.504 e. The van der Waals surface area contributed by atoms with E-state index < -0.39 is 0 Å². The Morgan fingerprint density at radius 2 is 2.08 bits per heavy atom. The first-order chi connectivity index (χ1) is 11.4. The summed E-state index contributed by atoms with van der Waals surface area (Å²) in [5, 5.41) is 10.2. The molecule has 24 heavy (non-hydrogen) atoms. The van der Waals surface area contributed by atoms with E-state index in [0.29, 0.717) is 11.8 Å². The molecule has 0 aliphatic carbocycles. The van der Waals surface area contributed by atoms with Crippen LogP contribution in [0.3, 0.4) is 0 Å². The van der Waals surface area contributed by atoms with Crippen LogP contribution >= 0.6 is 11.3 Å². The fourth-order valence-corrected chi connectivity index (χ4v) is 5.07. The minimum atomic E-state index is -0.286. The predicted octanol–water partition coefficient (Wildman–Crippen LogP) is 3.31. The lowest BCUT2D eigenvalue weighted by molar-refractivity contribution is 0.162. The van der Waals surface area contributed by atoms with Crippen molar-refractivity contribution >= 4 is 11.3 Å². The summed E-state index contributed by atoms with van der Waals surface area (Å²) >= 11 is 1.85. The number of nitrogens with zero attached hydrogens (tertiary/aromatic N) is 1. The molecule has 0 spiro atoms. The first-order valence-electron chi connectivity index (χ1n) is 8.41. The highest BCUT2D eigenvalue weighted by Crippen LogP contribution is 2.44. The number of rotatable bonds is 2. The number of nitrogens with two attached hydrogens (primary N) is 1. The van der Waals surface area contributed by atoms with Crippen LogP contribution in [0.1, 0.15) is 46.3 Å². The lowest BCUT2D eigenvalue weighted by atomic mass is 9.86. The Balaban J connectivity index is 1.72. The first kappa shape index (κ1) is 15.9. The number of ether oxygens (including phenoxy) is 1. The molecule has 128 valence electrons. The maximum Gasteiger partial charge on any atom is 0.160 e. The first-order valence-corrected chi connectivity index (χ1v) is 9.23. The van der Waals surface area contributed by atoms with Gasteiger partial charge >= 0.3 is 0 Å². The van der Waals surface area contributed by atoms with E-state index in [0.717, 1.165) is 25.9 Å². The average molecular weight is 344 g/mol. The molecule has 0 saturated carbocycles. The SMILES string of the molecule is COc1cc2c(cc1O)[C@@H]1Cc3sc(C(C)(C)N)cc3CN1CC2. The molecular formula is C19H24N2O2S. The van der Waals surface area contributed by atoms with E-state index in [9.17, 15) is 5.11 Å². The molecule has 0 bridgehead atoms. The topological polar surface area (TPSA) is 58.7 Å². The van der Waals surface area contributed by atoms with Gasteiger partial charge in [-0.1, -0.05) is 0 Å². The molecule has 4 rings (SSSR count). The van der Waals surface area contributed by atoms with Crippen molar-refractivity contribution in [3.8, 4) is 11.5 Å². The van der Waals surface area contributed by atoms with Gasteiger partial charge in [0.05, 0.1) is 7.11 Å². The van der Waals surface area contributed by atoms with Crippen LogP contribution in [-0.2, 0) is 24.9 Å². The van der Waals surface area contributed by atoms with Crippen LogP contribution < -0.4 is 10.5 Å². The van der Waals surface area contributed by atoms with Crippen LogP contribution in [0, 0.1) is 0 Å². The number of fused-ring (bicyclic) bond motifs is 4. The zero-order valence-electron chi connectivity index (χ0n) is 14.4. The van der Waals surface area contributed by atoms with Gasteiger partial charge in [-0.3, -0.25) is 4.90 Å². The molecule has 0 amide bonds. The fraction of sp³-hybridized carbons (Fsp3) is 0.474. The Bertz CT molecular complexity index is 791. The van der Waals surface area contributed by atoms with Gasteiger partial charge in [0.2, 0.25) is 0 Å². The van der Waals surface area contributed by atoms with Crippen LogP contribution in [0.2, 0.25) is 0 Å². The normalized spacial score (nSPS) is 20.2. The van der Waals surface area contributed by atoms with Gasteiger partial charge in [-0.05, 0) is 55.2 Å². The van der Waals surface area contributed by atoms with E-state index in [1.807, 2.05) is 23.5 Å². The number of methoxy groups -OCH3 is 1. The van der Waals surface area contributed by atoms with E-state index in [1.165, 1.54) is 26.4 Å². The van der Waals surface area contributed by atoms with Gasteiger partial charge in [0.25, 0.3) is 0 Å². The van der Waals surface area contributed by atoms with Gasteiger partial charge in [0, 0.05) is 40.8 Å². The number of hydrogen-bond donors (Lipinski definition) is 2. The molecule has 3 N–H and O–H groups in total. The van der Waals surface area contributed by atoms with Gasteiger partial charge in [-0.2, -0.15) is 0 Å². The van der Waals surface area contributed by atoms with Crippen LogP contribution in [0.15, 0.2) is 18.2 Å². The van der Waals surface area contributed by atoms with Gasteiger partial charge in [0.1, 0.15) is 0 Å². The van der Waals surface area contributed by atoms with Gasteiger partial charge < -0.3 is 15.6 Å². The molecule has 5 heteroatoms. The summed E-state index contributed by atoms with van der Waals surface area (Å²) < 4.78 is 5.27. The molecular weight excluding hydrogens is 320 g/mol. The molecule has 0 saturated heterocycles. The van der Waals surface area contributed by atoms with Crippen molar-refractivity contribution in [3.05, 3.63) is 44.6 Å². The largest absolute Gasteiger partial charge is 0.504 e. The van der Waals surface area contributed by atoms with Crippen molar-refractivity contribution in [2.24, 2.45) is 5.73 Å². The summed E-state index contributed by atoms with van der Waals surface area (Å²) in [7, 11) is 1.60. The summed E-state index contributed by atoms with van der Waals surface area (Å²) in [5.41, 5.74) is 9.97. The summed E-state index contributed by atoms with van der Waals surface area (Å²) in [6, 6.07) is 6.53. The van der Waals surface area contributed by atoms with Gasteiger partial charge in [-0.25, -0.2) is 0 Å². The second-order valence-corrected chi connectivity index (χ2v) is 8.58. The quantitative estimate of drug-likeness (QED) is 0.877. The molecule has 0 fully saturated rings. The standard InChI is InChI=1S/C19H24N2O2S/c1-19(2,20)18-7-12-10-21-5-4-11-6-16(23-3)15(22)8-13(11)14(21)9-17(12)24-18/h6-8,14,22H,4-5,9-10,20H2,1-3H3/t14-/m0/s1. The lowest BCUT2D eigenvalue weighted by Gasteiger charge is -2.40. The molecule has 2 aromatic rings. The minimum absolute atomic E-state index is 0.235. The second kappa shape index (κ2) is 5.48. The zero-order valence-corrected chi connectivity index (χ0v) is 15.2. The van der Waals surface area contributed by atoms with E-state index in [1.54, 1.807) is 7.11 Å². The lowest BCUT2D eigenvalue weighted by Crippen LogP contribution is -2.38. The summed E-state index contributed by atoms with van der Waals surface area (Å²) in [6.07, 6.45) is 1.99. The summed E-state index contributed by atoms with van der Waals surface area (Å²) in [5.74, 6) is 0.806. The van der Waals surface area contributed by atoms with E-state index in [4.69, 9.17) is 10.5 Å². The number of aromatic hydroxyl groups is 1. The maximum absolute atomic E-state index is 10.2. The Kier molecular flexibility index (Phi) is 3.64. The van der Waals surface area contributed by atoms with Crippen molar-refractivity contribution in [3.63, 3.8) is 0 Å². The Hall–Kier alpha value is -1.56. The van der Waals surface area contributed by atoms with Crippen molar-refractivity contribution in [2.75, 3.05) is 13.7 Å². The Morgan fingerprint density at radius 1 is 1.29 bits per heavy atom. The smallest absolute Gasteiger partial charge is 0.160 e. The Labute approximate surface area is 146 Å². The zero-order chi connectivity index (χ0) is 17.1. The highest BCUT2D eigenvalue weighted by atomic mass is 32.1. The average Bonchev–Trinajstić information content (AvgIpc) is 2.95. The molecule has 4 nitrogen and oxygen atoms in total. The van der Waals surface area contributed by atoms with E-state index in [2.05, 4.69) is 24.8 Å². The molecule has 2 aliphatic heterocycles. The second-order valence-electron chi connectivity index (χ2n) is 7.44. The monoisotopic (exact) mass is 344 g/mol. The van der Waals surface area contributed by atoms with Crippen LogP contribution in [0.25, 0.3) is 0 Å². The third-order valence-corrected chi connectivity index (χ3v) is 6.73. The van der Waals surface area contributed by atoms with Crippen molar-refractivity contribution < 1.29 is 9.84 Å². The predicted molar refractivity (Wildman–Crippen MR) is 96.8 cm³/mol. The molecule has 1 aromatic heterocycles. The number of phenolic OH excluding ortho intramolecular Hbond substituents is 1. The van der Waals surface area contributed by atoms with Gasteiger partial charge in [-0.15, -0.1) is 11.3 Å². The highest BCUT2D eigenvalue weighted by Gasteiger charge is 2.34.